The van der Waals surface area contributed by atoms with Gasteiger partial charge in [-0.3, -0.25) is 9.59 Å². The molecule has 0 saturated heterocycles. The fourth-order valence-electron chi connectivity index (χ4n) is 3.94. The number of carbonyl (C=O) groups excluding carboxylic acids is 2. The summed E-state index contributed by atoms with van der Waals surface area (Å²) in [7, 11) is 3.10. The molecule has 182 valence electrons. The lowest BCUT2D eigenvalue weighted by Crippen LogP contribution is -2.16. The highest BCUT2D eigenvalue weighted by atomic mass is 16.6. The number of fused-ring (bicyclic) bond motifs is 2. The second-order valence-corrected chi connectivity index (χ2v) is 7.93. The summed E-state index contributed by atoms with van der Waals surface area (Å²) in [6, 6.07) is 17.4. The van der Waals surface area contributed by atoms with Gasteiger partial charge >= 0.3 is 0 Å². The molecule has 3 aromatic carbocycles. The first-order valence-corrected chi connectivity index (χ1v) is 11.2. The molecule has 36 heavy (non-hydrogen) atoms. The number of hydrogen-bond acceptors (Lipinski definition) is 7. The van der Waals surface area contributed by atoms with Crippen molar-refractivity contribution in [2.75, 3.05) is 32.8 Å². The molecule has 1 amide bonds. The predicted octanol–water partition coefficient (Wildman–Crippen LogP) is 5.10. The van der Waals surface area contributed by atoms with E-state index < -0.39 is 5.91 Å². The van der Waals surface area contributed by atoms with Gasteiger partial charge in [0.05, 0.1) is 19.9 Å². The minimum absolute atomic E-state index is 0.0285. The van der Waals surface area contributed by atoms with Crippen molar-refractivity contribution in [1.82, 2.24) is 0 Å². The maximum Gasteiger partial charge on any atom is 0.248 e. The van der Waals surface area contributed by atoms with Crippen LogP contribution in [0, 0.1) is 0 Å². The Morgan fingerprint density at radius 3 is 2.47 bits per heavy atom. The van der Waals surface area contributed by atoms with Crippen LogP contribution in [0.25, 0.3) is 17.0 Å². The van der Waals surface area contributed by atoms with Crippen LogP contribution in [0.5, 0.6) is 23.0 Å². The Bertz CT molecular complexity index is 1480. The predicted molar refractivity (Wildman–Crippen MR) is 134 cm³/mol. The zero-order valence-corrected chi connectivity index (χ0v) is 19.7. The number of para-hydroxylation sites is 1. The standard InChI is InChI=1S/C28H23NO7/c1-32-21-10-7-17(15-23(21)33-2)8-12-25(30)29-26-19-5-3-4-6-20(19)36-28(26)27(31)18-9-11-22-24(16-18)35-14-13-34-22/h3-12,15-16H,13-14H2,1-2H3,(H,29,30)/b12-8+. The van der Waals surface area contributed by atoms with Crippen LogP contribution in [0.4, 0.5) is 5.69 Å². The number of furan rings is 1. The number of carbonyl (C=O) groups is 2. The van der Waals surface area contributed by atoms with Gasteiger partial charge in [-0.05, 0) is 54.1 Å². The van der Waals surface area contributed by atoms with Crippen LogP contribution >= 0.6 is 0 Å². The molecule has 8 heteroatoms. The number of benzene rings is 3. The minimum Gasteiger partial charge on any atom is -0.493 e. The van der Waals surface area contributed by atoms with Gasteiger partial charge < -0.3 is 28.7 Å². The second kappa shape index (κ2) is 9.87. The minimum atomic E-state index is -0.424. The number of ketones is 1. The largest absolute Gasteiger partial charge is 0.493 e. The number of methoxy groups -OCH3 is 2. The van der Waals surface area contributed by atoms with E-state index in [2.05, 4.69) is 5.32 Å². The lowest BCUT2D eigenvalue weighted by molar-refractivity contribution is -0.111. The zero-order chi connectivity index (χ0) is 25.1. The average molecular weight is 485 g/mol. The van der Waals surface area contributed by atoms with E-state index in [0.717, 1.165) is 5.56 Å². The van der Waals surface area contributed by atoms with E-state index in [1.165, 1.54) is 6.08 Å². The number of amides is 1. The molecule has 4 aromatic rings. The number of hydrogen-bond donors (Lipinski definition) is 1. The quantitative estimate of drug-likeness (QED) is 0.287. The average Bonchev–Trinajstić information content (AvgIpc) is 3.29. The van der Waals surface area contributed by atoms with Crippen molar-refractivity contribution in [2.45, 2.75) is 0 Å². The Kier molecular flexibility index (Phi) is 6.32. The van der Waals surface area contributed by atoms with Crippen LogP contribution in [0.1, 0.15) is 21.7 Å². The normalized spacial score (nSPS) is 12.5. The van der Waals surface area contributed by atoms with Gasteiger partial charge in [-0.25, -0.2) is 0 Å². The first kappa shape index (κ1) is 23.0. The fraction of sp³-hybridized carbons (Fsp3) is 0.143. The number of anilines is 1. The second-order valence-electron chi connectivity index (χ2n) is 7.93. The molecule has 2 heterocycles. The molecular formula is C28H23NO7. The molecule has 0 spiro atoms. The maximum atomic E-state index is 13.4. The molecule has 0 radical (unpaired) electrons. The van der Waals surface area contributed by atoms with Crippen LogP contribution in [0.2, 0.25) is 0 Å². The number of nitrogens with one attached hydrogen (secondary N) is 1. The molecule has 0 fully saturated rings. The number of rotatable bonds is 7. The molecule has 0 atom stereocenters. The van der Waals surface area contributed by atoms with Gasteiger partial charge in [0.25, 0.3) is 0 Å². The SMILES string of the molecule is COc1ccc(/C=C/C(=O)Nc2c(C(=O)c3ccc4c(c3)OCCO4)oc3ccccc23)cc1OC. The molecule has 1 aliphatic heterocycles. The summed E-state index contributed by atoms with van der Waals surface area (Å²) < 4.78 is 27.6. The Hall–Kier alpha value is -4.72. The van der Waals surface area contributed by atoms with Gasteiger partial charge in [-0.15, -0.1) is 0 Å². The highest BCUT2D eigenvalue weighted by molar-refractivity contribution is 6.18. The van der Waals surface area contributed by atoms with Gasteiger partial charge in [0, 0.05) is 17.0 Å². The summed E-state index contributed by atoms with van der Waals surface area (Å²) in [5.74, 6) is 1.43. The molecule has 1 aliphatic rings. The summed E-state index contributed by atoms with van der Waals surface area (Å²) in [5.41, 5.74) is 1.88. The maximum absolute atomic E-state index is 13.4. The van der Waals surface area contributed by atoms with Crippen LogP contribution in [-0.4, -0.2) is 39.1 Å². The highest BCUT2D eigenvalue weighted by Gasteiger charge is 2.24. The first-order chi connectivity index (χ1) is 17.6. The van der Waals surface area contributed by atoms with Gasteiger partial charge in [0.15, 0.2) is 28.8 Å². The lowest BCUT2D eigenvalue weighted by Gasteiger charge is -2.18. The van der Waals surface area contributed by atoms with E-state index in [4.69, 9.17) is 23.4 Å². The molecular weight excluding hydrogens is 462 g/mol. The summed E-state index contributed by atoms with van der Waals surface area (Å²) in [5, 5.41) is 3.43. The third-order valence-corrected chi connectivity index (χ3v) is 5.69. The van der Waals surface area contributed by atoms with E-state index >= 15 is 0 Å². The molecule has 1 aromatic heterocycles. The van der Waals surface area contributed by atoms with Gasteiger partial charge in [0.2, 0.25) is 11.7 Å². The van der Waals surface area contributed by atoms with Gasteiger partial charge in [-0.2, -0.15) is 0 Å². The molecule has 0 saturated carbocycles. The van der Waals surface area contributed by atoms with Crippen molar-refractivity contribution in [2.24, 2.45) is 0 Å². The Balaban J connectivity index is 1.44. The smallest absolute Gasteiger partial charge is 0.248 e. The van der Waals surface area contributed by atoms with E-state index in [0.29, 0.717) is 58.4 Å². The van der Waals surface area contributed by atoms with Crippen LogP contribution < -0.4 is 24.3 Å². The third kappa shape index (κ3) is 4.48. The zero-order valence-electron chi connectivity index (χ0n) is 19.7. The Morgan fingerprint density at radius 1 is 0.889 bits per heavy atom. The van der Waals surface area contributed by atoms with Crippen LogP contribution in [0.15, 0.2) is 71.2 Å². The Labute approximate surface area is 207 Å². The van der Waals surface area contributed by atoms with E-state index in [-0.39, 0.29) is 11.5 Å². The summed E-state index contributed by atoms with van der Waals surface area (Å²) in [6.07, 6.45) is 3.02. The van der Waals surface area contributed by atoms with Crippen molar-refractivity contribution in [3.8, 4) is 23.0 Å². The van der Waals surface area contributed by atoms with Gasteiger partial charge in [0.1, 0.15) is 18.8 Å². The molecule has 5 rings (SSSR count). The monoisotopic (exact) mass is 485 g/mol. The van der Waals surface area contributed by atoms with Crippen molar-refractivity contribution in [3.63, 3.8) is 0 Å². The van der Waals surface area contributed by atoms with E-state index in [1.807, 2.05) is 6.07 Å². The number of ether oxygens (including phenoxy) is 4. The van der Waals surface area contributed by atoms with E-state index in [1.54, 1.807) is 74.9 Å². The van der Waals surface area contributed by atoms with Crippen molar-refractivity contribution < 1.29 is 33.0 Å². The van der Waals surface area contributed by atoms with E-state index in [9.17, 15) is 9.59 Å². The Morgan fingerprint density at radius 2 is 1.67 bits per heavy atom. The van der Waals surface area contributed by atoms with Crippen molar-refractivity contribution in [3.05, 3.63) is 83.6 Å². The van der Waals surface area contributed by atoms with Gasteiger partial charge in [-0.1, -0.05) is 18.2 Å². The lowest BCUT2D eigenvalue weighted by atomic mass is 10.1. The van der Waals surface area contributed by atoms with Crippen LogP contribution in [-0.2, 0) is 4.79 Å². The third-order valence-electron chi connectivity index (χ3n) is 5.69. The molecule has 0 unspecified atom stereocenters. The fourth-order valence-corrected chi connectivity index (χ4v) is 3.94. The molecule has 8 nitrogen and oxygen atoms in total. The summed E-state index contributed by atoms with van der Waals surface area (Å²) in [6.45, 7) is 0.861. The topological polar surface area (TPSA) is 96.2 Å². The molecule has 0 bridgehead atoms. The molecule has 1 N–H and O–H groups in total. The van der Waals surface area contributed by atoms with Crippen molar-refractivity contribution >= 4 is 34.4 Å². The summed E-state index contributed by atoms with van der Waals surface area (Å²) >= 11 is 0. The first-order valence-electron chi connectivity index (χ1n) is 11.2. The molecule has 0 aliphatic carbocycles. The van der Waals surface area contributed by atoms with Crippen molar-refractivity contribution in [1.29, 1.82) is 0 Å². The highest BCUT2D eigenvalue weighted by Crippen LogP contribution is 2.35. The summed E-state index contributed by atoms with van der Waals surface area (Å²) in [4.78, 5) is 26.3. The van der Waals surface area contributed by atoms with Crippen LogP contribution in [0.3, 0.4) is 0 Å².